The van der Waals surface area contributed by atoms with Crippen molar-refractivity contribution in [3.05, 3.63) is 46.4 Å². The van der Waals surface area contributed by atoms with E-state index in [0.717, 1.165) is 17.2 Å². The van der Waals surface area contributed by atoms with E-state index in [9.17, 15) is 14.0 Å². The maximum absolute atomic E-state index is 14.1. The number of allylic oxidation sites excluding steroid dienone is 1. The van der Waals surface area contributed by atoms with Crippen LogP contribution in [-0.4, -0.2) is 36.0 Å². The molecule has 7 heteroatoms. The van der Waals surface area contributed by atoms with Gasteiger partial charge in [0.05, 0.1) is 17.4 Å². The van der Waals surface area contributed by atoms with Crippen LogP contribution in [0.4, 0.5) is 4.39 Å². The van der Waals surface area contributed by atoms with E-state index >= 15 is 0 Å². The Labute approximate surface area is 180 Å². The number of nitrogens with zero attached hydrogens (tertiary/aromatic N) is 1. The van der Waals surface area contributed by atoms with Crippen LogP contribution >= 0.6 is 7.92 Å². The number of carbonyl (C=O) groups is 2. The van der Waals surface area contributed by atoms with Crippen molar-refractivity contribution in [1.82, 2.24) is 10.6 Å². The highest BCUT2D eigenvalue weighted by Gasteiger charge is 2.38. The Morgan fingerprint density at radius 2 is 1.83 bits per heavy atom. The van der Waals surface area contributed by atoms with E-state index in [1.165, 1.54) is 17.9 Å². The molecule has 2 N–H and O–H groups in total. The molecule has 0 aliphatic carbocycles. The van der Waals surface area contributed by atoms with Crippen LogP contribution in [0.3, 0.4) is 0 Å². The Morgan fingerprint density at radius 3 is 2.30 bits per heavy atom. The van der Waals surface area contributed by atoms with Crippen molar-refractivity contribution in [2.24, 2.45) is 10.9 Å². The fourth-order valence-electron chi connectivity index (χ4n) is 3.37. The third-order valence-electron chi connectivity index (χ3n) is 5.02. The summed E-state index contributed by atoms with van der Waals surface area (Å²) < 4.78 is 14.1. The van der Waals surface area contributed by atoms with Gasteiger partial charge in [0.2, 0.25) is 11.8 Å². The van der Waals surface area contributed by atoms with E-state index in [1.54, 1.807) is 12.1 Å². The summed E-state index contributed by atoms with van der Waals surface area (Å²) in [6.07, 6.45) is 0.436. The van der Waals surface area contributed by atoms with Gasteiger partial charge in [-0.2, -0.15) is 0 Å². The molecule has 3 atom stereocenters. The first-order valence-electron chi connectivity index (χ1n) is 10.6. The van der Waals surface area contributed by atoms with E-state index in [-0.39, 0.29) is 25.7 Å². The lowest BCUT2D eigenvalue weighted by Crippen LogP contribution is -2.48. The zero-order valence-electron chi connectivity index (χ0n) is 18.8. The molecular formula is C23H33FN3O2P. The highest BCUT2D eigenvalue weighted by Crippen LogP contribution is 2.64. The van der Waals surface area contributed by atoms with Crippen LogP contribution < -0.4 is 10.6 Å². The largest absolute Gasteiger partial charge is 0.349 e. The third-order valence-corrected chi connectivity index (χ3v) is 7.68. The number of benzene rings is 1. The van der Waals surface area contributed by atoms with Crippen molar-refractivity contribution in [3.63, 3.8) is 0 Å². The zero-order valence-corrected chi connectivity index (χ0v) is 19.6. The second-order valence-corrected chi connectivity index (χ2v) is 9.89. The average molecular weight is 434 g/mol. The minimum absolute atomic E-state index is 0.0883. The van der Waals surface area contributed by atoms with Gasteiger partial charge in [-0.3, -0.25) is 14.6 Å². The van der Waals surface area contributed by atoms with Gasteiger partial charge in [-0.25, -0.2) is 4.39 Å². The Morgan fingerprint density at radius 1 is 1.20 bits per heavy atom. The minimum Gasteiger partial charge on any atom is -0.349 e. The summed E-state index contributed by atoms with van der Waals surface area (Å²) in [4.78, 5) is 28.6. The van der Waals surface area contributed by atoms with Crippen LogP contribution in [0, 0.1) is 5.92 Å². The molecule has 30 heavy (non-hydrogen) atoms. The quantitative estimate of drug-likeness (QED) is 0.585. The monoisotopic (exact) mass is 433 g/mol. The molecule has 2 aliphatic heterocycles. The fourth-order valence-corrected chi connectivity index (χ4v) is 5.42. The van der Waals surface area contributed by atoms with Gasteiger partial charge in [0.1, 0.15) is 12.2 Å². The smallest absolute Gasteiger partial charge is 0.243 e. The van der Waals surface area contributed by atoms with Crippen molar-refractivity contribution in [1.29, 1.82) is 0 Å². The van der Waals surface area contributed by atoms with Crippen LogP contribution in [-0.2, 0) is 16.0 Å². The summed E-state index contributed by atoms with van der Waals surface area (Å²) >= 11 is 0. The van der Waals surface area contributed by atoms with Gasteiger partial charge < -0.3 is 10.6 Å². The minimum atomic E-state index is -1.01. The highest BCUT2D eigenvalue weighted by atomic mass is 31.1. The molecule has 0 radical (unpaired) electrons. The Hall–Kier alpha value is -2.07. The lowest BCUT2D eigenvalue weighted by atomic mass is 9.97. The van der Waals surface area contributed by atoms with Crippen LogP contribution in [0.25, 0.3) is 0 Å². The van der Waals surface area contributed by atoms with E-state index in [0.29, 0.717) is 18.5 Å². The lowest BCUT2D eigenvalue weighted by Gasteiger charge is -2.38. The number of carbonyl (C=O) groups excluding carboxylic acids is 2. The molecule has 1 aromatic rings. The predicted molar refractivity (Wildman–Crippen MR) is 123 cm³/mol. The van der Waals surface area contributed by atoms with Crippen LogP contribution in [0.15, 0.2) is 40.3 Å². The molecule has 5 nitrogen and oxygen atoms in total. The lowest BCUT2D eigenvalue weighted by molar-refractivity contribution is -0.127. The van der Waals surface area contributed by atoms with Crippen LogP contribution in [0.5, 0.6) is 0 Å². The van der Waals surface area contributed by atoms with Gasteiger partial charge in [0.25, 0.3) is 0 Å². The van der Waals surface area contributed by atoms with Gasteiger partial charge in [0, 0.05) is 19.5 Å². The molecule has 3 unspecified atom stereocenters. The first kappa shape index (κ1) is 24.2. The summed E-state index contributed by atoms with van der Waals surface area (Å²) in [5.74, 6) is -0.572. The average Bonchev–Trinajstić information content (AvgIpc) is 2.72. The summed E-state index contributed by atoms with van der Waals surface area (Å²) in [5.41, 5.74) is 5.15. The van der Waals surface area contributed by atoms with Gasteiger partial charge in [-0.1, -0.05) is 52.0 Å². The van der Waals surface area contributed by atoms with Crippen molar-refractivity contribution < 1.29 is 14.0 Å². The Bertz CT molecular complexity index is 833. The van der Waals surface area contributed by atoms with Crippen molar-refractivity contribution >= 4 is 25.2 Å². The third kappa shape index (κ3) is 5.75. The first-order chi connectivity index (χ1) is 14.3. The zero-order chi connectivity index (χ0) is 22.4. The molecular weight excluding hydrogens is 400 g/mol. The van der Waals surface area contributed by atoms with Crippen molar-refractivity contribution in [3.8, 4) is 0 Å². The van der Waals surface area contributed by atoms with Gasteiger partial charge >= 0.3 is 0 Å². The molecule has 0 fully saturated rings. The molecule has 164 valence electrons. The number of rotatable bonds is 8. The number of hydrogen-bond donors (Lipinski definition) is 2. The van der Waals surface area contributed by atoms with Gasteiger partial charge in [0.15, 0.2) is 0 Å². The number of nitrogens with one attached hydrogen (secondary N) is 2. The standard InChI is InChI=1S/C21H27FN3O2P.C2H6/c1-12(2)19(22)16-7-5-15(6-8-16)9-17(24-14(4)26)20(27)23-10-18-25-21-13(3)11-28(18)21;1-2/h5-8,12,17,19H,9-11H2,1-4H3,(H,23,27)(H,24,26);1-2H3. The van der Waals surface area contributed by atoms with Gasteiger partial charge in [-0.15, -0.1) is 0 Å². The second kappa shape index (κ2) is 10.8. The molecule has 0 saturated carbocycles. The number of amides is 2. The summed E-state index contributed by atoms with van der Waals surface area (Å²) in [7, 11) is -0.239. The maximum Gasteiger partial charge on any atom is 0.243 e. The predicted octanol–water partition coefficient (Wildman–Crippen LogP) is 4.68. The molecule has 0 spiro atoms. The van der Waals surface area contributed by atoms with Crippen LogP contribution in [0.2, 0.25) is 0 Å². The number of hydrogen-bond acceptors (Lipinski definition) is 3. The highest BCUT2D eigenvalue weighted by molar-refractivity contribution is 7.82. The summed E-state index contributed by atoms with van der Waals surface area (Å²) in [6.45, 7) is 11.6. The van der Waals surface area contributed by atoms with E-state index < -0.39 is 12.2 Å². The molecule has 1 aromatic carbocycles. The molecule has 2 amide bonds. The molecule has 2 aliphatic rings. The fraction of sp³-hybridized carbons (Fsp3) is 0.522. The number of alkyl halides is 1. The molecule has 0 bridgehead atoms. The van der Waals surface area contributed by atoms with Crippen molar-refractivity contribution in [2.45, 2.75) is 60.2 Å². The molecule has 3 rings (SSSR count). The number of aliphatic imine (C=N–C) groups is 1. The van der Waals surface area contributed by atoms with E-state index in [2.05, 4.69) is 22.5 Å². The van der Waals surface area contributed by atoms with Gasteiger partial charge in [-0.05, 0) is 37.5 Å². The SMILES string of the molecule is CC.CC(=O)NC(Cc1ccc(C(F)C(C)C)cc1)C(=O)NCC1=NC2=C(C)CP12. The number of halogens is 1. The van der Waals surface area contributed by atoms with E-state index in [1.807, 2.05) is 39.8 Å². The molecule has 0 aromatic heterocycles. The normalized spacial score (nSPS) is 18.7. The number of fused-ring (bicyclic) bond motifs is 1. The Balaban J connectivity index is 0.00000155. The summed E-state index contributed by atoms with van der Waals surface area (Å²) in [6, 6.07) is 6.48. The second-order valence-electron chi connectivity index (χ2n) is 7.78. The first-order valence-corrected chi connectivity index (χ1v) is 12.1. The van der Waals surface area contributed by atoms with Crippen molar-refractivity contribution in [2.75, 3.05) is 12.7 Å². The molecule has 0 saturated heterocycles. The van der Waals surface area contributed by atoms with Crippen LogP contribution in [0.1, 0.15) is 58.8 Å². The summed E-state index contributed by atoms with van der Waals surface area (Å²) in [5, 5.41) is 5.62. The topological polar surface area (TPSA) is 70.6 Å². The van der Waals surface area contributed by atoms with E-state index in [4.69, 9.17) is 0 Å². The molecule has 2 heterocycles. The Kier molecular flexibility index (Phi) is 8.72. The maximum atomic E-state index is 14.1.